The normalized spacial score (nSPS) is 27.9. The summed E-state index contributed by atoms with van der Waals surface area (Å²) >= 11 is 12.4. The monoisotopic (exact) mass is 328 g/mol. The molecule has 0 heterocycles. The highest BCUT2D eigenvalue weighted by Gasteiger charge is 2.41. The SMILES string of the molecule is CC1CCC(C(N)Cc2cccc(Cl)c2Cl)(N(C)C)CC1. The summed E-state index contributed by atoms with van der Waals surface area (Å²) in [4.78, 5) is 2.32. The standard InChI is InChI=1S/C17H26Cl2N2/c1-12-7-9-17(10-8-12,21(2)3)15(20)11-13-5-4-6-14(18)16(13)19/h4-6,12,15H,7-11,20H2,1-3H3. The third-order valence-corrected chi connectivity index (χ3v) is 6.05. The first kappa shape index (κ1) is 17.1. The number of hydrogen-bond acceptors (Lipinski definition) is 2. The predicted molar refractivity (Wildman–Crippen MR) is 92.2 cm³/mol. The molecule has 1 aliphatic rings. The van der Waals surface area contributed by atoms with E-state index in [4.69, 9.17) is 28.9 Å². The summed E-state index contributed by atoms with van der Waals surface area (Å²) in [5.74, 6) is 0.806. The molecule has 0 aromatic heterocycles. The highest BCUT2D eigenvalue weighted by Crippen LogP contribution is 2.38. The third kappa shape index (κ3) is 3.56. The van der Waals surface area contributed by atoms with Crippen LogP contribution in [0, 0.1) is 5.92 Å². The van der Waals surface area contributed by atoms with Crippen molar-refractivity contribution in [2.24, 2.45) is 11.7 Å². The van der Waals surface area contributed by atoms with Crippen LogP contribution >= 0.6 is 23.2 Å². The van der Waals surface area contributed by atoms with Crippen LogP contribution in [0.5, 0.6) is 0 Å². The molecular weight excluding hydrogens is 303 g/mol. The molecule has 0 radical (unpaired) electrons. The van der Waals surface area contributed by atoms with Gasteiger partial charge in [-0.1, -0.05) is 42.3 Å². The molecule has 2 N–H and O–H groups in total. The Morgan fingerprint density at radius 3 is 2.48 bits per heavy atom. The molecule has 1 atom stereocenters. The lowest BCUT2D eigenvalue weighted by atomic mass is 9.71. The Balaban J connectivity index is 2.20. The molecule has 0 spiro atoms. The maximum atomic E-state index is 6.64. The van der Waals surface area contributed by atoms with Crippen molar-refractivity contribution in [2.45, 2.75) is 50.6 Å². The van der Waals surface area contributed by atoms with E-state index in [0.29, 0.717) is 10.0 Å². The van der Waals surface area contributed by atoms with Crippen molar-refractivity contribution < 1.29 is 0 Å². The molecular formula is C17H26Cl2N2. The van der Waals surface area contributed by atoms with Crippen LogP contribution in [0.25, 0.3) is 0 Å². The molecule has 2 nitrogen and oxygen atoms in total. The zero-order valence-electron chi connectivity index (χ0n) is 13.2. The van der Waals surface area contributed by atoms with E-state index in [2.05, 4.69) is 25.9 Å². The van der Waals surface area contributed by atoms with Crippen LogP contribution < -0.4 is 5.73 Å². The lowest BCUT2D eigenvalue weighted by Gasteiger charge is -2.48. The second-order valence-electron chi connectivity index (χ2n) is 6.70. The Kier molecular flexibility index (Phi) is 5.59. The lowest BCUT2D eigenvalue weighted by molar-refractivity contribution is 0.0568. The summed E-state index contributed by atoms with van der Waals surface area (Å²) in [6.45, 7) is 2.33. The van der Waals surface area contributed by atoms with E-state index < -0.39 is 0 Å². The summed E-state index contributed by atoms with van der Waals surface area (Å²) in [5, 5.41) is 1.25. The predicted octanol–water partition coefficient (Wildman–Crippen LogP) is 4.37. The number of halogens is 2. The minimum atomic E-state index is 0.0657. The Hall–Kier alpha value is -0.280. The number of likely N-dealkylation sites (N-methyl/N-ethyl adjacent to an activating group) is 1. The van der Waals surface area contributed by atoms with Crippen LogP contribution in [-0.4, -0.2) is 30.6 Å². The van der Waals surface area contributed by atoms with Gasteiger partial charge >= 0.3 is 0 Å². The van der Waals surface area contributed by atoms with Gasteiger partial charge in [0.1, 0.15) is 0 Å². The first-order valence-electron chi connectivity index (χ1n) is 7.72. The van der Waals surface area contributed by atoms with Gasteiger partial charge in [0.25, 0.3) is 0 Å². The molecule has 1 aliphatic carbocycles. The number of hydrogen-bond donors (Lipinski definition) is 1. The average molecular weight is 329 g/mol. The first-order chi connectivity index (χ1) is 9.86. The summed E-state index contributed by atoms with van der Waals surface area (Å²) in [5.41, 5.74) is 7.76. The van der Waals surface area contributed by atoms with Gasteiger partial charge in [0.2, 0.25) is 0 Å². The fourth-order valence-electron chi connectivity index (χ4n) is 3.54. The largest absolute Gasteiger partial charge is 0.326 e. The molecule has 1 saturated carbocycles. The zero-order chi connectivity index (χ0) is 15.6. The average Bonchev–Trinajstić information content (AvgIpc) is 2.44. The number of rotatable bonds is 4. The number of benzene rings is 1. The van der Waals surface area contributed by atoms with Gasteiger partial charge in [-0.25, -0.2) is 0 Å². The van der Waals surface area contributed by atoms with Crippen molar-refractivity contribution in [3.63, 3.8) is 0 Å². The van der Waals surface area contributed by atoms with Crippen LogP contribution in [0.3, 0.4) is 0 Å². The van der Waals surface area contributed by atoms with Crippen molar-refractivity contribution in [3.05, 3.63) is 33.8 Å². The van der Waals surface area contributed by atoms with Gasteiger partial charge in [-0.05, 0) is 63.7 Å². The van der Waals surface area contributed by atoms with Crippen molar-refractivity contribution in [3.8, 4) is 0 Å². The highest BCUT2D eigenvalue weighted by atomic mass is 35.5. The molecule has 21 heavy (non-hydrogen) atoms. The molecule has 0 amide bonds. The highest BCUT2D eigenvalue weighted by molar-refractivity contribution is 6.42. The Bertz CT molecular complexity index is 480. The van der Waals surface area contributed by atoms with Gasteiger partial charge < -0.3 is 10.6 Å². The quantitative estimate of drug-likeness (QED) is 0.888. The third-order valence-electron chi connectivity index (χ3n) is 5.19. The Morgan fingerprint density at radius 1 is 1.29 bits per heavy atom. The molecule has 118 valence electrons. The van der Waals surface area contributed by atoms with E-state index in [1.165, 1.54) is 12.8 Å². The van der Waals surface area contributed by atoms with Crippen molar-refractivity contribution in [1.29, 1.82) is 0 Å². The molecule has 0 saturated heterocycles. The van der Waals surface area contributed by atoms with Crippen molar-refractivity contribution >= 4 is 23.2 Å². The van der Waals surface area contributed by atoms with Crippen molar-refractivity contribution in [2.75, 3.05) is 14.1 Å². The van der Waals surface area contributed by atoms with Crippen LogP contribution in [-0.2, 0) is 6.42 Å². The second kappa shape index (κ2) is 6.87. The van der Waals surface area contributed by atoms with E-state index in [1.54, 1.807) is 0 Å². The molecule has 1 aromatic rings. The van der Waals surface area contributed by atoms with Crippen LogP contribution in [0.15, 0.2) is 18.2 Å². The summed E-state index contributed by atoms with van der Waals surface area (Å²) in [6, 6.07) is 5.86. The molecule has 0 bridgehead atoms. The van der Waals surface area contributed by atoms with Gasteiger partial charge in [0.15, 0.2) is 0 Å². The maximum Gasteiger partial charge on any atom is 0.0624 e. The first-order valence-corrected chi connectivity index (χ1v) is 8.48. The molecule has 1 aromatic carbocycles. The van der Waals surface area contributed by atoms with E-state index >= 15 is 0 Å². The van der Waals surface area contributed by atoms with Gasteiger partial charge in [-0.2, -0.15) is 0 Å². The molecule has 1 unspecified atom stereocenters. The topological polar surface area (TPSA) is 29.3 Å². The Morgan fingerprint density at radius 2 is 1.90 bits per heavy atom. The van der Waals surface area contributed by atoms with Gasteiger partial charge in [0.05, 0.1) is 10.0 Å². The summed E-state index contributed by atoms with van der Waals surface area (Å²) in [7, 11) is 4.30. The maximum absolute atomic E-state index is 6.64. The minimum Gasteiger partial charge on any atom is -0.326 e. The van der Waals surface area contributed by atoms with E-state index in [1.807, 2.05) is 18.2 Å². The van der Waals surface area contributed by atoms with E-state index in [0.717, 1.165) is 30.7 Å². The van der Waals surface area contributed by atoms with Crippen LogP contribution in [0.2, 0.25) is 10.0 Å². The fourth-order valence-corrected chi connectivity index (χ4v) is 3.94. The lowest BCUT2D eigenvalue weighted by Crippen LogP contribution is -2.59. The van der Waals surface area contributed by atoms with Crippen LogP contribution in [0.1, 0.15) is 38.2 Å². The molecule has 1 fully saturated rings. The fraction of sp³-hybridized carbons (Fsp3) is 0.647. The Labute approximate surface area is 138 Å². The van der Waals surface area contributed by atoms with Gasteiger partial charge in [-0.3, -0.25) is 0 Å². The zero-order valence-corrected chi connectivity index (χ0v) is 14.7. The van der Waals surface area contributed by atoms with E-state index in [-0.39, 0.29) is 11.6 Å². The molecule has 4 heteroatoms. The van der Waals surface area contributed by atoms with Crippen molar-refractivity contribution in [1.82, 2.24) is 4.90 Å². The minimum absolute atomic E-state index is 0.0657. The van der Waals surface area contributed by atoms with Crippen LogP contribution in [0.4, 0.5) is 0 Å². The second-order valence-corrected chi connectivity index (χ2v) is 7.49. The summed E-state index contributed by atoms with van der Waals surface area (Å²) < 4.78 is 0. The molecule has 2 rings (SSSR count). The smallest absolute Gasteiger partial charge is 0.0624 e. The van der Waals surface area contributed by atoms with Gasteiger partial charge in [-0.15, -0.1) is 0 Å². The number of nitrogens with two attached hydrogens (primary N) is 1. The van der Waals surface area contributed by atoms with E-state index in [9.17, 15) is 0 Å². The summed E-state index contributed by atoms with van der Waals surface area (Å²) in [6.07, 6.45) is 5.57. The number of nitrogens with zero attached hydrogens (tertiary/aromatic N) is 1. The van der Waals surface area contributed by atoms with Gasteiger partial charge in [0, 0.05) is 11.6 Å². The molecule has 0 aliphatic heterocycles.